The predicted molar refractivity (Wildman–Crippen MR) is 111 cm³/mol. The maximum absolute atomic E-state index is 6.03. The average Bonchev–Trinajstić information content (AvgIpc) is 2.72. The molecule has 1 unspecified atom stereocenters. The molecule has 0 spiro atoms. The van der Waals surface area contributed by atoms with Gasteiger partial charge in [-0.15, -0.1) is 0 Å². The third-order valence-corrected chi connectivity index (χ3v) is 5.21. The van der Waals surface area contributed by atoms with E-state index in [-0.39, 0.29) is 0 Å². The molecule has 0 aliphatic heterocycles. The fourth-order valence-corrected chi connectivity index (χ4v) is 3.64. The second-order valence-electron chi connectivity index (χ2n) is 7.61. The van der Waals surface area contributed by atoms with Gasteiger partial charge in [-0.25, -0.2) is 0 Å². The molecule has 0 aromatic heterocycles. The SMILES string of the molecule is CC(Cc1ccccc1)NCCOc1ccc(COC2CCCCC2)cc1. The molecule has 2 aromatic carbocycles. The van der Waals surface area contributed by atoms with Gasteiger partial charge in [0.25, 0.3) is 0 Å². The highest BCUT2D eigenvalue weighted by Crippen LogP contribution is 2.22. The van der Waals surface area contributed by atoms with Gasteiger partial charge in [0.1, 0.15) is 12.4 Å². The lowest BCUT2D eigenvalue weighted by molar-refractivity contribution is 0.0168. The standard InChI is InChI=1S/C24H33NO2/c1-20(18-21-8-4-2-5-9-21)25-16-17-26-24-14-12-22(13-15-24)19-27-23-10-6-3-7-11-23/h2,4-5,8-9,12-15,20,23,25H,3,6-7,10-11,16-19H2,1H3. The fourth-order valence-electron chi connectivity index (χ4n) is 3.64. The number of hydrogen-bond donors (Lipinski definition) is 1. The number of rotatable bonds is 10. The molecular formula is C24H33NO2. The molecule has 3 rings (SSSR count). The van der Waals surface area contributed by atoms with Crippen molar-refractivity contribution in [2.24, 2.45) is 0 Å². The van der Waals surface area contributed by atoms with Gasteiger partial charge in [0.2, 0.25) is 0 Å². The van der Waals surface area contributed by atoms with Crippen molar-refractivity contribution in [1.29, 1.82) is 0 Å². The van der Waals surface area contributed by atoms with Gasteiger partial charge < -0.3 is 14.8 Å². The van der Waals surface area contributed by atoms with Crippen LogP contribution in [0.3, 0.4) is 0 Å². The van der Waals surface area contributed by atoms with Crippen LogP contribution >= 0.6 is 0 Å². The van der Waals surface area contributed by atoms with Crippen LogP contribution in [-0.2, 0) is 17.8 Å². The summed E-state index contributed by atoms with van der Waals surface area (Å²) in [6, 6.07) is 19.4. The molecule has 1 aliphatic rings. The van der Waals surface area contributed by atoms with Gasteiger partial charge in [-0.1, -0.05) is 61.7 Å². The van der Waals surface area contributed by atoms with E-state index in [4.69, 9.17) is 9.47 Å². The Balaban J connectivity index is 1.30. The van der Waals surface area contributed by atoms with Crippen molar-refractivity contribution < 1.29 is 9.47 Å². The molecule has 1 saturated carbocycles. The summed E-state index contributed by atoms with van der Waals surface area (Å²) in [6.45, 7) is 4.45. The van der Waals surface area contributed by atoms with Crippen LogP contribution in [0.2, 0.25) is 0 Å². The fraction of sp³-hybridized carbons (Fsp3) is 0.500. The molecular weight excluding hydrogens is 334 g/mol. The monoisotopic (exact) mass is 367 g/mol. The minimum absolute atomic E-state index is 0.440. The van der Waals surface area contributed by atoms with E-state index in [1.165, 1.54) is 43.2 Å². The highest BCUT2D eigenvalue weighted by atomic mass is 16.5. The molecule has 0 radical (unpaired) electrons. The first-order valence-electron chi connectivity index (χ1n) is 10.4. The van der Waals surface area contributed by atoms with E-state index in [1.54, 1.807) is 0 Å². The summed E-state index contributed by atoms with van der Waals surface area (Å²) in [6.07, 6.45) is 7.93. The Morgan fingerprint density at radius 1 is 0.926 bits per heavy atom. The molecule has 1 fully saturated rings. The first kappa shape index (κ1) is 19.9. The van der Waals surface area contributed by atoms with Crippen LogP contribution in [0.15, 0.2) is 54.6 Å². The quantitative estimate of drug-likeness (QED) is 0.590. The summed E-state index contributed by atoms with van der Waals surface area (Å²) in [7, 11) is 0. The molecule has 0 saturated heterocycles. The van der Waals surface area contributed by atoms with Crippen molar-refractivity contribution in [3.8, 4) is 5.75 Å². The topological polar surface area (TPSA) is 30.5 Å². The van der Waals surface area contributed by atoms with Gasteiger partial charge in [0.15, 0.2) is 0 Å². The Morgan fingerprint density at radius 3 is 2.41 bits per heavy atom. The zero-order valence-electron chi connectivity index (χ0n) is 16.5. The first-order chi connectivity index (χ1) is 13.3. The third kappa shape index (κ3) is 7.36. The van der Waals surface area contributed by atoms with Crippen molar-refractivity contribution in [2.75, 3.05) is 13.2 Å². The van der Waals surface area contributed by atoms with Crippen molar-refractivity contribution in [3.63, 3.8) is 0 Å². The Bertz CT molecular complexity index is 635. The summed E-state index contributed by atoms with van der Waals surface area (Å²) in [4.78, 5) is 0. The molecule has 1 atom stereocenters. The average molecular weight is 368 g/mol. The molecule has 3 nitrogen and oxygen atoms in total. The second kappa shape index (κ2) is 11.1. The highest BCUT2D eigenvalue weighted by molar-refractivity contribution is 5.26. The van der Waals surface area contributed by atoms with Gasteiger partial charge in [-0.2, -0.15) is 0 Å². The van der Waals surface area contributed by atoms with Crippen LogP contribution in [0.1, 0.15) is 50.2 Å². The third-order valence-electron chi connectivity index (χ3n) is 5.21. The van der Waals surface area contributed by atoms with E-state index in [2.05, 4.69) is 54.7 Å². The molecule has 3 heteroatoms. The van der Waals surface area contributed by atoms with E-state index >= 15 is 0 Å². The van der Waals surface area contributed by atoms with Crippen LogP contribution in [0.5, 0.6) is 5.75 Å². The van der Waals surface area contributed by atoms with Crippen LogP contribution in [-0.4, -0.2) is 25.3 Å². The number of benzene rings is 2. The summed E-state index contributed by atoms with van der Waals surface area (Å²) in [5.74, 6) is 0.925. The summed E-state index contributed by atoms with van der Waals surface area (Å²) in [5, 5.41) is 3.52. The maximum atomic E-state index is 6.03. The Morgan fingerprint density at radius 2 is 1.67 bits per heavy atom. The van der Waals surface area contributed by atoms with Crippen LogP contribution < -0.4 is 10.1 Å². The van der Waals surface area contributed by atoms with Crippen LogP contribution in [0.25, 0.3) is 0 Å². The van der Waals surface area contributed by atoms with E-state index in [9.17, 15) is 0 Å². The lowest BCUT2D eigenvalue weighted by atomic mass is 9.98. The highest BCUT2D eigenvalue weighted by Gasteiger charge is 2.13. The Hall–Kier alpha value is -1.84. The van der Waals surface area contributed by atoms with E-state index in [0.29, 0.717) is 25.4 Å². The summed E-state index contributed by atoms with van der Waals surface area (Å²) in [5.41, 5.74) is 2.59. The maximum Gasteiger partial charge on any atom is 0.119 e. The minimum Gasteiger partial charge on any atom is -0.492 e. The van der Waals surface area contributed by atoms with Crippen molar-refractivity contribution in [2.45, 2.75) is 64.2 Å². The first-order valence-corrected chi connectivity index (χ1v) is 10.4. The molecule has 2 aromatic rings. The van der Waals surface area contributed by atoms with E-state index in [1.807, 2.05) is 12.1 Å². The molecule has 1 N–H and O–H groups in total. The van der Waals surface area contributed by atoms with Crippen molar-refractivity contribution in [3.05, 3.63) is 65.7 Å². The molecule has 0 amide bonds. The zero-order chi connectivity index (χ0) is 18.7. The molecule has 0 heterocycles. The largest absolute Gasteiger partial charge is 0.492 e. The number of ether oxygens (including phenoxy) is 2. The van der Waals surface area contributed by atoms with Gasteiger partial charge in [-0.3, -0.25) is 0 Å². The molecule has 146 valence electrons. The lowest BCUT2D eigenvalue weighted by Gasteiger charge is -2.22. The van der Waals surface area contributed by atoms with Gasteiger partial charge in [-0.05, 0) is 49.4 Å². The van der Waals surface area contributed by atoms with E-state index in [0.717, 1.165) is 18.7 Å². The van der Waals surface area contributed by atoms with Gasteiger partial charge in [0, 0.05) is 12.6 Å². The van der Waals surface area contributed by atoms with Crippen molar-refractivity contribution >= 4 is 0 Å². The summed E-state index contributed by atoms with van der Waals surface area (Å²) >= 11 is 0. The summed E-state index contributed by atoms with van der Waals surface area (Å²) < 4.78 is 11.9. The predicted octanol–water partition coefficient (Wildman–Crippen LogP) is 5.14. The number of hydrogen-bond acceptors (Lipinski definition) is 3. The minimum atomic E-state index is 0.440. The van der Waals surface area contributed by atoms with Crippen LogP contribution in [0.4, 0.5) is 0 Å². The Labute approximate surface area is 164 Å². The van der Waals surface area contributed by atoms with Gasteiger partial charge in [0.05, 0.1) is 12.7 Å². The van der Waals surface area contributed by atoms with Crippen LogP contribution in [0, 0.1) is 0 Å². The number of nitrogens with one attached hydrogen (secondary N) is 1. The zero-order valence-corrected chi connectivity index (χ0v) is 16.5. The normalized spacial score (nSPS) is 16.2. The second-order valence-corrected chi connectivity index (χ2v) is 7.61. The van der Waals surface area contributed by atoms with Crippen molar-refractivity contribution in [1.82, 2.24) is 5.32 Å². The Kier molecular flexibility index (Phi) is 8.19. The molecule has 1 aliphatic carbocycles. The van der Waals surface area contributed by atoms with Gasteiger partial charge >= 0.3 is 0 Å². The van der Waals surface area contributed by atoms with E-state index < -0.39 is 0 Å². The smallest absolute Gasteiger partial charge is 0.119 e. The lowest BCUT2D eigenvalue weighted by Crippen LogP contribution is -2.31. The molecule has 0 bridgehead atoms. The molecule has 27 heavy (non-hydrogen) atoms.